The Morgan fingerprint density at radius 2 is 1.80 bits per heavy atom. The van der Waals surface area contributed by atoms with Crippen molar-refractivity contribution in [3.63, 3.8) is 0 Å². The van der Waals surface area contributed by atoms with Crippen molar-refractivity contribution >= 4 is 33.4 Å². The summed E-state index contributed by atoms with van der Waals surface area (Å²) in [6.45, 7) is 2.11. The molecular formula is C24H21N3O3. The molecule has 2 aromatic carbocycles. The Labute approximate surface area is 173 Å². The fourth-order valence-electron chi connectivity index (χ4n) is 3.76. The van der Waals surface area contributed by atoms with Crippen LogP contribution in [0.25, 0.3) is 33.3 Å². The lowest BCUT2D eigenvalue weighted by atomic mass is 10.1. The number of anilines is 2. The van der Waals surface area contributed by atoms with Crippen LogP contribution in [0.2, 0.25) is 0 Å². The second kappa shape index (κ2) is 7.15. The van der Waals surface area contributed by atoms with Gasteiger partial charge in [0.1, 0.15) is 5.52 Å². The van der Waals surface area contributed by atoms with E-state index in [0.29, 0.717) is 11.5 Å². The highest BCUT2D eigenvalue weighted by atomic mass is 16.5. The minimum Gasteiger partial charge on any atom is -0.493 e. The van der Waals surface area contributed by atoms with E-state index in [9.17, 15) is 0 Å². The predicted molar refractivity (Wildman–Crippen MR) is 119 cm³/mol. The van der Waals surface area contributed by atoms with E-state index in [-0.39, 0.29) is 0 Å². The molecule has 0 saturated heterocycles. The second-order valence-electron chi connectivity index (χ2n) is 7.07. The summed E-state index contributed by atoms with van der Waals surface area (Å²) in [4.78, 5) is 7.83. The average Bonchev–Trinajstić information content (AvgIpc) is 3.43. The maximum Gasteiger partial charge on any atom is 0.175 e. The molecule has 5 aromatic rings. The van der Waals surface area contributed by atoms with Crippen molar-refractivity contribution in [1.29, 1.82) is 0 Å². The Morgan fingerprint density at radius 1 is 0.933 bits per heavy atom. The number of ether oxygens (including phenoxy) is 2. The minimum absolute atomic E-state index is 0.702. The number of fused-ring (bicyclic) bond motifs is 2. The standard InChI is InChI=1S/C24H21N3O3/c1-14-16-13-21(15-4-7-22(28-2)23(12-15)29-3)27-18(16)6-5-17(14)26-20-8-10-25-19-9-11-30-24(19)20/h4-13,27H,1-3H3,(H,25,26). The molecule has 0 amide bonds. The summed E-state index contributed by atoms with van der Waals surface area (Å²) in [5.74, 6) is 1.41. The van der Waals surface area contributed by atoms with Gasteiger partial charge < -0.3 is 24.2 Å². The maximum atomic E-state index is 5.60. The Hall–Kier alpha value is -3.93. The highest BCUT2D eigenvalue weighted by Gasteiger charge is 2.13. The molecule has 0 unspecified atom stereocenters. The summed E-state index contributed by atoms with van der Waals surface area (Å²) in [6, 6.07) is 16.0. The number of methoxy groups -OCH3 is 2. The first-order valence-electron chi connectivity index (χ1n) is 9.62. The molecule has 2 N–H and O–H groups in total. The summed E-state index contributed by atoms with van der Waals surface area (Å²) in [7, 11) is 3.28. The highest BCUT2D eigenvalue weighted by molar-refractivity contribution is 5.95. The molecule has 0 radical (unpaired) electrons. The van der Waals surface area contributed by atoms with Gasteiger partial charge in [-0.25, -0.2) is 0 Å². The van der Waals surface area contributed by atoms with Crippen LogP contribution in [-0.4, -0.2) is 24.2 Å². The van der Waals surface area contributed by atoms with Crippen LogP contribution in [0.1, 0.15) is 5.56 Å². The number of hydrogen-bond donors (Lipinski definition) is 2. The van der Waals surface area contributed by atoms with Gasteiger partial charge in [0.15, 0.2) is 17.1 Å². The lowest BCUT2D eigenvalue weighted by molar-refractivity contribution is 0.355. The first-order valence-corrected chi connectivity index (χ1v) is 9.62. The van der Waals surface area contributed by atoms with Crippen LogP contribution >= 0.6 is 0 Å². The number of rotatable bonds is 5. The summed E-state index contributed by atoms with van der Waals surface area (Å²) >= 11 is 0. The first-order chi connectivity index (χ1) is 14.7. The van der Waals surface area contributed by atoms with Gasteiger partial charge in [-0.2, -0.15) is 0 Å². The molecule has 0 aliphatic heterocycles. The van der Waals surface area contributed by atoms with Crippen molar-refractivity contribution in [3.05, 3.63) is 66.6 Å². The maximum absolute atomic E-state index is 5.60. The Kier molecular flexibility index (Phi) is 4.32. The first kappa shape index (κ1) is 18.1. The Bertz CT molecular complexity index is 1370. The van der Waals surface area contributed by atoms with Crippen LogP contribution in [0, 0.1) is 6.92 Å². The number of aromatic nitrogens is 2. The van der Waals surface area contributed by atoms with Crippen LogP contribution in [0.3, 0.4) is 0 Å². The van der Waals surface area contributed by atoms with E-state index in [1.807, 2.05) is 30.3 Å². The zero-order valence-corrected chi connectivity index (χ0v) is 16.9. The van der Waals surface area contributed by atoms with Crippen LogP contribution in [0.5, 0.6) is 11.5 Å². The third-order valence-electron chi connectivity index (χ3n) is 5.38. The zero-order valence-electron chi connectivity index (χ0n) is 16.9. The molecule has 0 atom stereocenters. The zero-order chi connectivity index (χ0) is 20.7. The van der Waals surface area contributed by atoms with Crippen molar-refractivity contribution in [3.8, 4) is 22.8 Å². The van der Waals surface area contributed by atoms with Crippen LogP contribution in [-0.2, 0) is 0 Å². The minimum atomic E-state index is 0.702. The smallest absolute Gasteiger partial charge is 0.175 e. The van der Waals surface area contributed by atoms with Crippen LogP contribution < -0.4 is 14.8 Å². The van der Waals surface area contributed by atoms with Crippen molar-refractivity contribution in [1.82, 2.24) is 9.97 Å². The van der Waals surface area contributed by atoms with E-state index in [1.165, 1.54) is 0 Å². The molecule has 150 valence electrons. The van der Waals surface area contributed by atoms with Crippen molar-refractivity contribution in [2.75, 3.05) is 19.5 Å². The van der Waals surface area contributed by atoms with Crippen LogP contribution in [0.4, 0.5) is 11.4 Å². The number of aromatic amines is 1. The van der Waals surface area contributed by atoms with Crippen LogP contribution in [0.15, 0.2) is 65.4 Å². The quantitative estimate of drug-likeness (QED) is 0.377. The molecule has 0 aliphatic carbocycles. The highest BCUT2D eigenvalue weighted by Crippen LogP contribution is 2.36. The van der Waals surface area contributed by atoms with Crippen molar-refractivity contribution in [2.24, 2.45) is 0 Å². The van der Waals surface area contributed by atoms with Gasteiger partial charge in [0, 0.05) is 40.1 Å². The molecule has 3 heterocycles. The number of benzene rings is 2. The van der Waals surface area contributed by atoms with E-state index in [1.54, 1.807) is 26.7 Å². The molecule has 5 rings (SSSR count). The molecule has 6 nitrogen and oxygen atoms in total. The van der Waals surface area contributed by atoms with E-state index in [2.05, 4.69) is 40.4 Å². The number of furan rings is 1. The molecule has 0 bridgehead atoms. The van der Waals surface area contributed by atoms with Gasteiger partial charge in [0.2, 0.25) is 0 Å². The fourth-order valence-corrected chi connectivity index (χ4v) is 3.76. The third-order valence-corrected chi connectivity index (χ3v) is 5.38. The summed E-state index contributed by atoms with van der Waals surface area (Å²) < 4.78 is 16.4. The van der Waals surface area contributed by atoms with Gasteiger partial charge in [-0.1, -0.05) is 0 Å². The molecule has 0 fully saturated rings. The largest absolute Gasteiger partial charge is 0.493 e. The molecule has 30 heavy (non-hydrogen) atoms. The van der Waals surface area contributed by atoms with E-state index >= 15 is 0 Å². The van der Waals surface area contributed by atoms with E-state index in [4.69, 9.17) is 13.9 Å². The van der Waals surface area contributed by atoms with Gasteiger partial charge >= 0.3 is 0 Å². The number of H-pyrrole nitrogens is 1. The summed E-state index contributed by atoms with van der Waals surface area (Å²) in [5.41, 5.74) is 7.75. The van der Waals surface area contributed by atoms with Crippen molar-refractivity contribution in [2.45, 2.75) is 6.92 Å². The average molecular weight is 399 g/mol. The summed E-state index contributed by atoms with van der Waals surface area (Å²) in [6.07, 6.45) is 3.43. The predicted octanol–water partition coefficient (Wildman–Crippen LogP) is 6.05. The fraction of sp³-hybridized carbons (Fsp3) is 0.125. The SMILES string of the molecule is COc1ccc(-c2cc3c(C)c(Nc4ccnc5ccoc45)ccc3[nH]2)cc1OC. The molecule has 6 heteroatoms. The molecular weight excluding hydrogens is 378 g/mol. The number of nitrogens with one attached hydrogen (secondary N) is 2. The molecule has 0 spiro atoms. The van der Waals surface area contributed by atoms with Gasteiger partial charge in [0.05, 0.1) is 26.2 Å². The van der Waals surface area contributed by atoms with E-state index < -0.39 is 0 Å². The van der Waals surface area contributed by atoms with Gasteiger partial charge in [-0.15, -0.1) is 0 Å². The topological polar surface area (TPSA) is 72.3 Å². The Balaban J connectivity index is 1.55. The molecule has 3 aromatic heterocycles. The summed E-state index contributed by atoms with van der Waals surface area (Å²) in [5, 5.41) is 4.64. The number of aryl methyl sites for hydroxylation is 1. The lowest BCUT2D eigenvalue weighted by Crippen LogP contribution is -1.94. The normalized spacial score (nSPS) is 11.2. The number of pyridine rings is 1. The van der Waals surface area contributed by atoms with Crippen molar-refractivity contribution < 1.29 is 13.9 Å². The monoisotopic (exact) mass is 399 g/mol. The molecule has 0 aliphatic rings. The third kappa shape index (κ3) is 2.93. The number of hydrogen-bond acceptors (Lipinski definition) is 5. The van der Waals surface area contributed by atoms with E-state index in [0.717, 1.165) is 50.2 Å². The Morgan fingerprint density at radius 3 is 2.63 bits per heavy atom. The lowest BCUT2D eigenvalue weighted by Gasteiger charge is -2.10. The van der Waals surface area contributed by atoms with Gasteiger partial charge in [-0.3, -0.25) is 4.98 Å². The second-order valence-corrected chi connectivity index (χ2v) is 7.07. The number of nitrogens with zero attached hydrogens (tertiary/aromatic N) is 1. The van der Waals surface area contributed by atoms with Gasteiger partial charge in [-0.05, 0) is 55.0 Å². The molecule has 0 saturated carbocycles. The van der Waals surface area contributed by atoms with Gasteiger partial charge in [0.25, 0.3) is 0 Å².